The third-order valence-electron chi connectivity index (χ3n) is 5.45. The summed E-state index contributed by atoms with van der Waals surface area (Å²) in [5, 5.41) is 9.13. The van der Waals surface area contributed by atoms with Gasteiger partial charge in [0.15, 0.2) is 0 Å². The molecule has 3 N–H and O–H groups in total. The molecule has 1 aliphatic rings. The van der Waals surface area contributed by atoms with E-state index in [1.807, 2.05) is 37.3 Å². The van der Waals surface area contributed by atoms with Crippen molar-refractivity contribution in [3.63, 3.8) is 0 Å². The number of halogens is 1. The molecule has 1 aliphatic heterocycles. The zero-order valence-corrected chi connectivity index (χ0v) is 19.8. The van der Waals surface area contributed by atoms with Crippen LogP contribution in [0.15, 0.2) is 48.8 Å². The van der Waals surface area contributed by atoms with Crippen LogP contribution in [-0.2, 0) is 0 Å². The number of nitrogens with zero attached hydrogens (tertiary/aromatic N) is 5. The SMILES string of the molecule is CNC(=O)c1ccccc1Nc1nc(Nc2ccc(N3CCN(C)CC3)nc2)ncc1C.Cl. The maximum atomic E-state index is 12.2. The van der Waals surface area contributed by atoms with Crippen molar-refractivity contribution in [1.29, 1.82) is 0 Å². The average Bonchev–Trinajstić information content (AvgIpc) is 2.82. The summed E-state index contributed by atoms with van der Waals surface area (Å²) in [5.74, 6) is 1.89. The first-order valence-corrected chi connectivity index (χ1v) is 10.6. The maximum Gasteiger partial charge on any atom is 0.253 e. The van der Waals surface area contributed by atoms with E-state index in [0.717, 1.165) is 43.2 Å². The fraction of sp³-hybridized carbons (Fsp3) is 0.304. The largest absolute Gasteiger partial charge is 0.355 e. The first-order chi connectivity index (χ1) is 15.5. The van der Waals surface area contributed by atoms with Crippen LogP contribution >= 0.6 is 12.4 Å². The molecule has 10 heteroatoms. The van der Waals surface area contributed by atoms with Gasteiger partial charge in [-0.1, -0.05) is 12.1 Å². The molecule has 0 bridgehead atoms. The van der Waals surface area contributed by atoms with Gasteiger partial charge in [0, 0.05) is 45.0 Å². The molecule has 4 rings (SSSR count). The molecule has 0 spiro atoms. The molecular formula is C23H29ClN8O. The summed E-state index contributed by atoms with van der Waals surface area (Å²) >= 11 is 0. The van der Waals surface area contributed by atoms with E-state index in [9.17, 15) is 4.79 Å². The Balaban J connectivity index is 0.00000306. The van der Waals surface area contributed by atoms with Crippen LogP contribution in [0.4, 0.5) is 29.0 Å². The van der Waals surface area contributed by atoms with Crippen molar-refractivity contribution in [3.8, 4) is 0 Å². The van der Waals surface area contributed by atoms with Crippen LogP contribution in [0.25, 0.3) is 0 Å². The molecule has 0 radical (unpaired) electrons. The first-order valence-electron chi connectivity index (χ1n) is 10.6. The van der Waals surface area contributed by atoms with Crippen LogP contribution in [0, 0.1) is 6.92 Å². The molecule has 3 aromatic rings. The molecule has 0 saturated carbocycles. The second kappa shape index (κ2) is 10.9. The van der Waals surface area contributed by atoms with Gasteiger partial charge in [-0.15, -0.1) is 12.4 Å². The topological polar surface area (TPSA) is 98.3 Å². The number of nitrogens with one attached hydrogen (secondary N) is 3. The number of piperazine rings is 1. The van der Waals surface area contributed by atoms with Crippen molar-refractivity contribution in [2.75, 3.05) is 55.8 Å². The second-order valence-corrected chi connectivity index (χ2v) is 7.80. The third kappa shape index (κ3) is 5.88. The van der Waals surface area contributed by atoms with Crippen molar-refractivity contribution in [2.45, 2.75) is 6.92 Å². The van der Waals surface area contributed by atoms with Crippen molar-refractivity contribution < 1.29 is 4.79 Å². The number of pyridine rings is 1. The minimum atomic E-state index is -0.162. The summed E-state index contributed by atoms with van der Waals surface area (Å²) in [6, 6.07) is 11.3. The number of hydrogen-bond donors (Lipinski definition) is 3. The fourth-order valence-electron chi connectivity index (χ4n) is 3.49. The second-order valence-electron chi connectivity index (χ2n) is 7.80. The summed E-state index contributed by atoms with van der Waals surface area (Å²) in [5.41, 5.74) is 2.90. The van der Waals surface area contributed by atoms with Gasteiger partial charge in [0.2, 0.25) is 5.95 Å². The van der Waals surface area contributed by atoms with Crippen molar-refractivity contribution >= 4 is 47.3 Å². The summed E-state index contributed by atoms with van der Waals surface area (Å²) in [4.78, 5) is 30.4. The lowest BCUT2D eigenvalue weighted by Crippen LogP contribution is -2.44. The number of rotatable bonds is 6. The first kappa shape index (κ1) is 24.2. The lowest BCUT2D eigenvalue weighted by atomic mass is 10.1. The summed E-state index contributed by atoms with van der Waals surface area (Å²) in [6.45, 7) is 5.95. The zero-order chi connectivity index (χ0) is 22.5. The highest BCUT2D eigenvalue weighted by Crippen LogP contribution is 2.24. The summed E-state index contributed by atoms with van der Waals surface area (Å²) in [6.07, 6.45) is 3.54. The van der Waals surface area contributed by atoms with E-state index in [1.54, 1.807) is 25.5 Å². The van der Waals surface area contributed by atoms with Gasteiger partial charge in [0.1, 0.15) is 11.6 Å². The molecule has 1 amide bonds. The lowest BCUT2D eigenvalue weighted by Gasteiger charge is -2.33. The Hall–Kier alpha value is -3.43. The Labute approximate surface area is 200 Å². The van der Waals surface area contributed by atoms with Gasteiger partial charge in [0.05, 0.1) is 23.1 Å². The van der Waals surface area contributed by atoms with E-state index in [1.165, 1.54) is 0 Å². The number of carbonyl (C=O) groups is 1. The van der Waals surface area contributed by atoms with Crippen molar-refractivity contribution in [2.24, 2.45) is 0 Å². The monoisotopic (exact) mass is 468 g/mol. The molecule has 0 atom stereocenters. The van der Waals surface area contributed by atoms with Gasteiger partial charge in [0.25, 0.3) is 5.91 Å². The molecule has 1 saturated heterocycles. The highest BCUT2D eigenvalue weighted by Gasteiger charge is 2.15. The zero-order valence-electron chi connectivity index (χ0n) is 19.0. The molecule has 1 aromatic carbocycles. The molecule has 33 heavy (non-hydrogen) atoms. The van der Waals surface area contributed by atoms with E-state index in [-0.39, 0.29) is 18.3 Å². The van der Waals surface area contributed by atoms with E-state index < -0.39 is 0 Å². The number of carbonyl (C=O) groups excluding carboxylic acids is 1. The third-order valence-corrected chi connectivity index (χ3v) is 5.45. The molecule has 0 aliphatic carbocycles. The fourth-order valence-corrected chi connectivity index (χ4v) is 3.49. The lowest BCUT2D eigenvalue weighted by molar-refractivity contribution is 0.0964. The molecular weight excluding hydrogens is 440 g/mol. The maximum absolute atomic E-state index is 12.2. The Morgan fingerprint density at radius 3 is 2.42 bits per heavy atom. The molecule has 9 nitrogen and oxygen atoms in total. The van der Waals surface area contributed by atoms with Crippen LogP contribution < -0.4 is 20.9 Å². The average molecular weight is 469 g/mol. The van der Waals surface area contributed by atoms with E-state index >= 15 is 0 Å². The number of aryl methyl sites for hydroxylation is 1. The number of likely N-dealkylation sites (N-methyl/N-ethyl adjacent to an activating group) is 1. The number of amides is 1. The minimum Gasteiger partial charge on any atom is -0.355 e. The predicted molar refractivity (Wildman–Crippen MR) is 134 cm³/mol. The number of benzene rings is 1. The van der Waals surface area contributed by atoms with Crippen LogP contribution in [0.5, 0.6) is 0 Å². The van der Waals surface area contributed by atoms with E-state index in [0.29, 0.717) is 23.0 Å². The van der Waals surface area contributed by atoms with Gasteiger partial charge >= 0.3 is 0 Å². The van der Waals surface area contributed by atoms with Gasteiger partial charge in [-0.25, -0.2) is 9.97 Å². The van der Waals surface area contributed by atoms with Gasteiger partial charge < -0.3 is 25.8 Å². The quantitative estimate of drug-likeness (QED) is 0.507. The Kier molecular flexibility index (Phi) is 8.02. The highest BCUT2D eigenvalue weighted by molar-refractivity contribution is 6.00. The Morgan fingerprint density at radius 1 is 0.970 bits per heavy atom. The normalized spacial score (nSPS) is 13.7. The van der Waals surface area contributed by atoms with Gasteiger partial charge in [-0.3, -0.25) is 4.79 Å². The van der Waals surface area contributed by atoms with Crippen molar-refractivity contribution in [3.05, 3.63) is 59.9 Å². The Bertz CT molecular complexity index is 1080. The Morgan fingerprint density at radius 2 is 1.73 bits per heavy atom. The molecule has 3 heterocycles. The minimum absolute atomic E-state index is 0. The molecule has 0 unspecified atom stereocenters. The van der Waals surface area contributed by atoms with Crippen LogP contribution in [-0.4, -0.2) is 66.0 Å². The number of hydrogen-bond acceptors (Lipinski definition) is 8. The standard InChI is InChI=1S/C23H28N8O.ClH/c1-16-14-26-23(29-21(16)28-19-7-5-4-6-18(19)22(32)24-2)27-17-8-9-20(25-15-17)31-12-10-30(3)11-13-31;/h4-9,14-15H,10-13H2,1-3H3,(H,24,32)(H2,26,27,28,29);1H. The van der Waals surface area contributed by atoms with Gasteiger partial charge in [-0.2, -0.15) is 4.98 Å². The van der Waals surface area contributed by atoms with Crippen LogP contribution in [0.1, 0.15) is 15.9 Å². The van der Waals surface area contributed by atoms with Crippen LogP contribution in [0.3, 0.4) is 0 Å². The van der Waals surface area contributed by atoms with Crippen molar-refractivity contribution in [1.82, 2.24) is 25.2 Å². The highest BCUT2D eigenvalue weighted by atomic mass is 35.5. The van der Waals surface area contributed by atoms with Gasteiger partial charge in [-0.05, 0) is 38.2 Å². The van der Waals surface area contributed by atoms with E-state index in [4.69, 9.17) is 0 Å². The summed E-state index contributed by atoms with van der Waals surface area (Å²) in [7, 11) is 3.75. The molecule has 174 valence electrons. The summed E-state index contributed by atoms with van der Waals surface area (Å²) < 4.78 is 0. The van der Waals surface area contributed by atoms with Crippen LogP contribution in [0.2, 0.25) is 0 Å². The molecule has 1 fully saturated rings. The number of para-hydroxylation sites is 1. The van der Waals surface area contributed by atoms with E-state index in [2.05, 4.69) is 47.7 Å². The number of aromatic nitrogens is 3. The predicted octanol–water partition coefficient (Wildman–Crippen LogP) is 3.20. The number of anilines is 5. The molecule has 2 aromatic heterocycles. The smallest absolute Gasteiger partial charge is 0.253 e.